The number of carbonyl (C=O) groups is 1. The first-order valence-electron chi connectivity index (χ1n) is 9.09. The van der Waals surface area contributed by atoms with Crippen molar-refractivity contribution in [3.05, 3.63) is 102 Å². The van der Waals surface area contributed by atoms with Crippen molar-refractivity contribution in [2.24, 2.45) is 0 Å². The van der Waals surface area contributed by atoms with Crippen LogP contribution >= 0.6 is 31.9 Å². The van der Waals surface area contributed by atoms with Crippen molar-refractivity contribution < 1.29 is 19.6 Å². The Labute approximate surface area is 200 Å². The highest BCUT2D eigenvalue weighted by Crippen LogP contribution is 2.36. The molecule has 32 heavy (non-hydrogen) atoms. The highest BCUT2D eigenvalue weighted by Gasteiger charge is 2.12. The number of benzene rings is 3. The summed E-state index contributed by atoms with van der Waals surface area (Å²) in [4.78, 5) is 21.5. The van der Waals surface area contributed by atoms with Crippen molar-refractivity contribution in [2.45, 2.75) is 6.61 Å². The molecule has 0 unspecified atom stereocenters. The van der Waals surface area contributed by atoms with Gasteiger partial charge in [-0.2, -0.15) is 5.26 Å². The molecule has 7 nitrogen and oxygen atoms in total. The normalized spacial score (nSPS) is 11.0. The molecule has 0 radical (unpaired) electrons. The van der Waals surface area contributed by atoms with Crippen molar-refractivity contribution in [1.82, 2.24) is 0 Å². The number of carboxylic acid groups (broad SMARTS) is 1. The van der Waals surface area contributed by atoms with Crippen LogP contribution in [0, 0.1) is 21.4 Å². The molecule has 0 atom stereocenters. The summed E-state index contributed by atoms with van der Waals surface area (Å²) in [6.07, 6.45) is 1.68. The zero-order valence-electron chi connectivity index (χ0n) is 16.3. The van der Waals surface area contributed by atoms with Crippen molar-refractivity contribution in [3.63, 3.8) is 0 Å². The molecule has 0 saturated heterocycles. The van der Waals surface area contributed by atoms with E-state index < -0.39 is 10.9 Å². The highest BCUT2D eigenvalue weighted by atomic mass is 79.9. The Balaban J connectivity index is 1.83. The topological polar surface area (TPSA) is 113 Å². The molecule has 160 valence electrons. The predicted octanol–water partition coefficient (Wildman–Crippen LogP) is 6.46. The maximum absolute atomic E-state index is 11.0. The van der Waals surface area contributed by atoms with Gasteiger partial charge < -0.3 is 9.84 Å². The Kier molecular flexibility index (Phi) is 7.41. The summed E-state index contributed by atoms with van der Waals surface area (Å²) in [5.74, 6) is -0.523. The van der Waals surface area contributed by atoms with Gasteiger partial charge in [-0.3, -0.25) is 10.1 Å². The summed E-state index contributed by atoms with van der Waals surface area (Å²) < 4.78 is 7.09. The first kappa shape index (κ1) is 23.2. The maximum atomic E-state index is 11.0. The summed E-state index contributed by atoms with van der Waals surface area (Å²) >= 11 is 6.92. The van der Waals surface area contributed by atoms with Gasteiger partial charge in [-0.25, -0.2) is 4.79 Å². The third-order valence-corrected chi connectivity index (χ3v) is 5.58. The van der Waals surface area contributed by atoms with Crippen LogP contribution in [0.1, 0.15) is 27.0 Å². The number of carboxylic acids is 1. The molecule has 0 heterocycles. The van der Waals surface area contributed by atoms with E-state index in [1.54, 1.807) is 42.5 Å². The van der Waals surface area contributed by atoms with E-state index in [0.29, 0.717) is 37.0 Å². The Morgan fingerprint density at radius 1 is 1.09 bits per heavy atom. The first-order chi connectivity index (χ1) is 15.3. The number of nitro benzene ring substituents is 1. The molecule has 3 aromatic rings. The van der Waals surface area contributed by atoms with Gasteiger partial charge in [-0.15, -0.1) is 0 Å². The van der Waals surface area contributed by atoms with Gasteiger partial charge in [-0.05, 0) is 78.9 Å². The van der Waals surface area contributed by atoms with Crippen LogP contribution in [0.2, 0.25) is 0 Å². The lowest BCUT2D eigenvalue weighted by Crippen LogP contribution is -1.98. The summed E-state index contributed by atoms with van der Waals surface area (Å²) in [5, 5.41) is 29.5. The molecule has 0 fully saturated rings. The van der Waals surface area contributed by atoms with Gasteiger partial charge in [0.15, 0.2) is 0 Å². The zero-order valence-corrected chi connectivity index (χ0v) is 19.5. The lowest BCUT2D eigenvalue weighted by atomic mass is 10.0. The molecule has 0 spiro atoms. The van der Waals surface area contributed by atoms with E-state index in [-0.39, 0.29) is 17.9 Å². The van der Waals surface area contributed by atoms with Crippen LogP contribution in [0.4, 0.5) is 5.69 Å². The molecule has 0 aromatic heterocycles. The van der Waals surface area contributed by atoms with Crippen LogP contribution in [0.15, 0.2) is 69.6 Å². The van der Waals surface area contributed by atoms with E-state index in [4.69, 9.17) is 9.84 Å². The minimum absolute atomic E-state index is 0.00913. The molecule has 0 saturated carbocycles. The van der Waals surface area contributed by atoms with Gasteiger partial charge >= 0.3 is 5.97 Å². The second-order valence-corrected chi connectivity index (χ2v) is 8.29. The monoisotopic (exact) mass is 556 g/mol. The predicted molar refractivity (Wildman–Crippen MR) is 126 cm³/mol. The van der Waals surface area contributed by atoms with Crippen molar-refractivity contribution in [2.75, 3.05) is 0 Å². The van der Waals surface area contributed by atoms with Crippen LogP contribution < -0.4 is 4.74 Å². The number of allylic oxidation sites excluding steroid dienone is 1. The average molecular weight is 558 g/mol. The number of nitriles is 1. The third-order valence-electron chi connectivity index (χ3n) is 4.40. The standard InChI is InChI=1S/C23H14Br2N2O5/c24-20-10-15(8-18(12-26)16-4-6-17(7-5-16)23(28)29)11-21(25)22(20)32-13-14-2-1-3-19(9-14)27(30)31/h1-11H,13H2,(H,28,29)/b18-8-. The molecule has 0 aliphatic rings. The van der Waals surface area contributed by atoms with Gasteiger partial charge in [0.1, 0.15) is 12.4 Å². The van der Waals surface area contributed by atoms with E-state index in [2.05, 4.69) is 37.9 Å². The summed E-state index contributed by atoms with van der Waals surface area (Å²) in [6.45, 7) is 0.132. The minimum Gasteiger partial charge on any atom is -0.487 e. The van der Waals surface area contributed by atoms with E-state index in [0.717, 1.165) is 0 Å². The van der Waals surface area contributed by atoms with Gasteiger partial charge in [0.25, 0.3) is 5.69 Å². The van der Waals surface area contributed by atoms with Crippen LogP contribution in [-0.4, -0.2) is 16.0 Å². The number of nitro groups is 1. The van der Waals surface area contributed by atoms with E-state index >= 15 is 0 Å². The number of rotatable bonds is 7. The second kappa shape index (κ2) is 10.2. The lowest BCUT2D eigenvalue weighted by Gasteiger charge is -2.12. The van der Waals surface area contributed by atoms with E-state index in [9.17, 15) is 20.2 Å². The van der Waals surface area contributed by atoms with Crippen molar-refractivity contribution in [1.29, 1.82) is 5.26 Å². The number of ether oxygens (including phenoxy) is 1. The van der Waals surface area contributed by atoms with Gasteiger partial charge in [0.2, 0.25) is 0 Å². The number of aromatic carboxylic acids is 1. The molecular formula is C23H14Br2N2O5. The largest absolute Gasteiger partial charge is 0.487 e. The Morgan fingerprint density at radius 3 is 2.28 bits per heavy atom. The van der Waals surface area contributed by atoms with Gasteiger partial charge in [0, 0.05) is 12.1 Å². The molecular weight excluding hydrogens is 544 g/mol. The lowest BCUT2D eigenvalue weighted by molar-refractivity contribution is -0.384. The number of hydrogen-bond donors (Lipinski definition) is 1. The average Bonchev–Trinajstić information content (AvgIpc) is 2.77. The van der Waals surface area contributed by atoms with Crippen LogP contribution in [-0.2, 0) is 6.61 Å². The van der Waals surface area contributed by atoms with Crippen LogP contribution in [0.25, 0.3) is 11.6 Å². The zero-order chi connectivity index (χ0) is 23.3. The quantitative estimate of drug-likeness (QED) is 0.154. The second-order valence-electron chi connectivity index (χ2n) is 6.58. The fourth-order valence-electron chi connectivity index (χ4n) is 2.86. The summed E-state index contributed by atoms with van der Waals surface area (Å²) in [5.41, 5.74) is 2.46. The molecule has 1 N–H and O–H groups in total. The Morgan fingerprint density at radius 2 is 1.72 bits per heavy atom. The van der Waals surface area contributed by atoms with Gasteiger partial charge in [-0.1, -0.05) is 24.3 Å². The summed E-state index contributed by atoms with van der Waals surface area (Å²) in [6, 6.07) is 17.9. The summed E-state index contributed by atoms with van der Waals surface area (Å²) in [7, 11) is 0. The number of non-ortho nitro benzene ring substituents is 1. The first-order valence-corrected chi connectivity index (χ1v) is 10.7. The van der Waals surface area contributed by atoms with Gasteiger partial charge in [0.05, 0.1) is 31.1 Å². The number of hydrogen-bond acceptors (Lipinski definition) is 5. The molecule has 3 rings (SSSR count). The molecule has 3 aromatic carbocycles. The molecule has 0 aliphatic heterocycles. The van der Waals surface area contributed by atoms with E-state index in [1.165, 1.54) is 24.3 Å². The Bertz CT molecular complexity index is 1240. The molecule has 0 bridgehead atoms. The fraction of sp³-hybridized carbons (Fsp3) is 0.0435. The Hall–Kier alpha value is -3.48. The number of nitrogens with zero attached hydrogens (tertiary/aromatic N) is 2. The molecule has 9 heteroatoms. The van der Waals surface area contributed by atoms with Crippen LogP contribution in [0.5, 0.6) is 5.75 Å². The van der Waals surface area contributed by atoms with Crippen molar-refractivity contribution in [3.8, 4) is 11.8 Å². The SMILES string of the molecule is N#C/C(=C/c1cc(Br)c(OCc2cccc([N+](=O)[O-])c2)c(Br)c1)c1ccc(C(=O)O)cc1. The number of halogens is 2. The smallest absolute Gasteiger partial charge is 0.335 e. The molecule has 0 aliphatic carbocycles. The maximum Gasteiger partial charge on any atom is 0.335 e. The van der Waals surface area contributed by atoms with E-state index in [1.807, 2.05) is 0 Å². The minimum atomic E-state index is -1.03. The van der Waals surface area contributed by atoms with Crippen molar-refractivity contribution >= 4 is 55.2 Å². The molecule has 0 amide bonds. The fourth-order valence-corrected chi connectivity index (χ4v) is 4.31. The highest BCUT2D eigenvalue weighted by molar-refractivity contribution is 9.11. The van der Waals surface area contributed by atoms with Crippen LogP contribution in [0.3, 0.4) is 0 Å². The third kappa shape index (κ3) is 5.60.